The molecule has 18 heavy (non-hydrogen) atoms. The molecule has 1 aliphatic rings. The van der Waals surface area contributed by atoms with Gasteiger partial charge < -0.3 is 9.80 Å². The average molecular weight is 246 g/mol. The van der Waals surface area contributed by atoms with Crippen LogP contribution in [0.25, 0.3) is 0 Å². The van der Waals surface area contributed by atoms with Crippen molar-refractivity contribution in [2.24, 2.45) is 5.92 Å². The molecule has 1 fully saturated rings. The maximum absolute atomic E-state index is 10.6. The molecule has 2 rings (SSSR count). The minimum absolute atomic E-state index is 0.751. The summed E-state index contributed by atoms with van der Waals surface area (Å²) in [5.41, 5.74) is 1.99. The SMILES string of the molecule is CN(C)CC1CCN(c2ccc(C=O)cc2)CC1. The van der Waals surface area contributed by atoms with Crippen LogP contribution in [0.3, 0.4) is 0 Å². The zero-order valence-electron chi connectivity index (χ0n) is 11.3. The van der Waals surface area contributed by atoms with E-state index in [1.165, 1.54) is 25.1 Å². The molecule has 0 atom stereocenters. The topological polar surface area (TPSA) is 23.6 Å². The molecule has 0 bridgehead atoms. The van der Waals surface area contributed by atoms with E-state index in [0.29, 0.717) is 0 Å². The van der Waals surface area contributed by atoms with E-state index >= 15 is 0 Å². The molecule has 0 amide bonds. The molecule has 0 saturated carbocycles. The van der Waals surface area contributed by atoms with Crippen LogP contribution >= 0.6 is 0 Å². The molecular formula is C15H22N2O. The number of hydrogen-bond acceptors (Lipinski definition) is 3. The third kappa shape index (κ3) is 3.33. The highest BCUT2D eigenvalue weighted by molar-refractivity contribution is 5.75. The van der Waals surface area contributed by atoms with Crippen molar-refractivity contribution in [3.8, 4) is 0 Å². The Hall–Kier alpha value is -1.35. The third-order valence-electron chi connectivity index (χ3n) is 3.63. The van der Waals surface area contributed by atoms with Crippen molar-refractivity contribution in [1.82, 2.24) is 4.90 Å². The summed E-state index contributed by atoms with van der Waals surface area (Å²) >= 11 is 0. The largest absolute Gasteiger partial charge is 0.372 e. The first-order valence-electron chi connectivity index (χ1n) is 6.64. The smallest absolute Gasteiger partial charge is 0.150 e. The van der Waals surface area contributed by atoms with E-state index in [-0.39, 0.29) is 0 Å². The fourth-order valence-corrected chi connectivity index (χ4v) is 2.65. The Balaban J connectivity index is 1.90. The molecule has 0 radical (unpaired) electrons. The second-order valence-electron chi connectivity index (χ2n) is 5.40. The number of benzene rings is 1. The van der Waals surface area contributed by atoms with Crippen molar-refractivity contribution in [3.05, 3.63) is 29.8 Å². The monoisotopic (exact) mass is 246 g/mol. The number of nitrogens with zero attached hydrogens (tertiary/aromatic N) is 2. The van der Waals surface area contributed by atoms with Crippen LogP contribution in [0.2, 0.25) is 0 Å². The van der Waals surface area contributed by atoms with E-state index in [0.717, 1.165) is 30.9 Å². The van der Waals surface area contributed by atoms with Gasteiger partial charge in [-0.2, -0.15) is 0 Å². The Bertz CT molecular complexity index is 378. The van der Waals surface area contributed by atoms with Crippen LogP contribution in [-0.2, 0) is 0 Å². The summed E-state index contributed by atoms with van der Waals surface area (Å²) in [6.07, 6.45) is 3.41. The van der Waals surface area contributed by atoms with Gasteiger partial charge in [0, 0.05) is 30.9 Å². The predicted octanol–water partition coefficient (Wildman–Crippen LogP) is 2.28. The number of carbonyl (C=O) groups is 1. The lowest BCUT2D eigenvalue weighted by Crippen LogP contribution is -2.37. The van der Waals surface area contributed by atoms with Gasteiger partial charge in [-0.25, -0.2) is 0 Å². The maximum Gasteiger partial charge on any atom is 0.150 e. The summed E-state index contributed by atoms with van der Waals surface area (Å²) < 4.78 is 0. The van der Waals surface area contributed by atoms with Crippen LogP contribution in [0.15, 0.2) is 24.3 Å². The fourth-order valence-electron chi connectivity index (χ4n) is 2.65. The van der Waals surface area contributed by atoms with Crippen molar-refractivity contribution < 1.29 is 4.79 Å². The molecule has 3 heteroatoms. The van der Waals surface area contributed by atoms with Gasteiger partial charge in [-0.3, -0.25) is 4.79 Å². The molecule has 0 aliphatic carbocycles. The van der Waals surface area contributed by atoms with Crippen LogP contribution in [-0.4, -0.2) is 44.9 Å². The standard InChI is InChI=1S/C15H22N2O/c1-16(2)11-13-7-9-17(10-8-13)15-5-3-14(12-18)4-6-15/h3-6,12-13H,7-11H2,1-2H3. The first-order valence-corrected chi connectivity index (χ1v) is 6.64. The average Bonchev–Trinajstić information content (AvgIpc) is 2.39. The number of anilines is 1. The molecule has 0 aromatic heterocycles. The summed E-state index contributed by atoms with van der Waals surface area (Å²) in [6.45, 7) is 3.44. The Morgan fingerprint density at radius 1 is 1.22 bits per heavy atom. The molecule has 1 aliphatic heterocycles. The molecule has 1 aromatic rings. The van der Waals surface area contributed by atoms with E-state index in [2.05, 4.69) is 36.0 Å². The quantitative estimate of drug-likeness (QED) is 0.761. The minimum atomic E-state index is 0.751. The minimum Gasteiger partial charge on any atom is -0.372 e. The highest BCUT2D eigenvalue weighted by atomic mass is 16.1. The maximum atomic E-state index is 10.6. The number of aldehydes is 1. The van der Waals surface area contributed by atoms with Crippen molar-refractivity contribution in [2.45, 2.75) is 12.8 Å². The summed E-state index contributed by atoms with van der Waals surface area (Å²) in [7, 11) is 4.29. The van der Waals surface area contributed by atoms with Gasteiger partial charge >= 0.3 is 0 Å². The van der Waals surface area contributed by atoms with Crippen molar-refractivity contribution in [3.63, 3.8) is 0 Å². The van der Waals surface area contributed by atoms with Crippen LogP contribution in [0.5, 0.6) is 0 Å². The zero-order chi connectivity index (χ0) is 13.0. The third-order valence-corrected chi connectivity index (χ3v) is 3.63. The van der Waals surface area contributed by atoms with Crippen LogP contribution in [0, 0.1) is 5.92 Å². The van der Waals surface area contributed by atoms with E-state index in [1.807, 2.05) is 12.1 Å². The second kappa shape index (κ2) is 6.01. The van der Waals surface area contributed by atoms with Gasteiger partial charge in [0.25, 0.3) is 0 Å². The van der Waals surface area contributed by atoms with Gasteiger partial charge in [0.05, 0.1) is 0 Å². The molecular weight excluding hydrogens is 224 g/mol. The molecule has 1 saturated heterocycles. The van der Waals surface area contributed by atoms with Crippen molar-refractivity contribution in [1.29, 1.82) is 0 Å². The number of piperidine rings is 1. The van der Waals surface area contributed by atoms with Gasteiger partial charge in [-0.15, -0.1) is 0 Å². The lowest BCUT2D eigenvalue weighted by atomic mass is 9.96. The summed E-state index contributed by atoms with van der Waals surface area (Å²) in [5, 5.41) is 0. The van der Waals surface area contributed by atoms with Gasteiger partial charge in [-0.1, -0.05) is 0 Å². The van der Waals surface area contributed by atoms with Crippen LogP contribution in [0.1, 0.15) is 23.2 Å². The van der Waals surface area contributed by atoms with E-state index in [9.17, 15) is 4.79 Å². The lowest BCUT2D eigenvalue weighted by Gasteiger charge is -2.34. The number of carbonyl (C=O) groups excluding carboxylic acids is 1. The Labute approximate surface area is 109 Å². The molecule has 3 nitrogen and oxygen atoms in total. The van der Waals surface area contributed by atoms with Gasteiger partial charge in [0.15, 0.2) is 0 Å². The molecule has 0 N–H and O–H groups in total. The van der Waals surface area contributed by atoms with Crippen LogP contribution < -0.4 is 4.90 Å². The molecule has 1 heterocycles. The fraction of sp³-hybridized carbons (Fsp3) is 0.533. The first kappa shape index (κ1) is 13.1. The molecule has 98 valence electrons. The van der Waals surface area contributed by atoms with Crippen LogP contribution in [0.4, 0.5) is 5.69 Å². The Morgan fingerprint density at radius 3 is 2.33 bits per heavy atom. The van der Waals surface area contributed by atoms with E-state index < -0.39 is 0 Å². The Kier molecular flexibility index (Phi) is 4.37. The van der Waals surface area contributed by atoms with Gasteiger partial charge in [0.2, 0.25) is 0 Å². The van der Waals surface area contributed by atoms with Gasteiger partial charge in [-0.05, 0) is 57.1 Å². The zero-order valence-corrected chi connectivity index (χ0v) is 11.3. The van der Waals surface area contributed by atoms with E-state index in [1.54, 1.807) is 0 Å². The number of rotatable bonds is 4. The molecule has 1 aromatic carbocycles. The lowest BCUT2D eigenvalue weighted by molar-refractivity contribution is 0.112. The molecule has 0 unspecified atom stereocenters. The second-order valence-corrected chi connectivity index (χ2v) is 5.40. The predicted molar refractivity (Wildman–Crippen MR) is 75.3 cm³/mol. The summed E-state index contributed by atoms with van der Waals surface area (Å²) in [5.74, 6) is 0.825. The Morgan fingerprint density at radius 2 is 1.83 bits per heavy atom. The highest BCUT2D eigenvalue weighted by Gasteiger charge is 2.19. The highest BCUT2D eigenvalue weighted by Crippen LogP contribution is 2.23. The van der Waals surface area contributed by atoms with Crippen molar-refractivity contribution in [2.75, 3.05) is 38.6 Å². The van der Waals surface area contributed by atoms with Gasteiger partial charge in [0.1, 0.15) is 6.29 Å². The number of hydrogen-bond donors (Lipinski definition) is 0. The summed E-state index contributed by atoms with van der Waals surface area (Å²) in [6, 6.07) is 7.90. The first-order chi connectivity index (χ1) is 8.69. The molecule has 0 spiro atoms. The van der Waals surface area contributed by atoms with Crippen molar-refractivity contribution >= 4 is 12.0 Å². The summed E-state index contributed by atoms with van der Waals surface area (Å²) in [4.78, 5) is 15.3. The normalized spacial score (nSPS) is 17.2. The van der Waals surface area contributed by atoms with E-state index in [4.69, 9.17) is 0 Å².